The average Bonchev–Trinajstić information content (AvgIpc) is 2.84. The van der Waals surface area contributed by atoms with Crippen molar-refractivity contribution < 1.29 is 9.84 Å². The van der Waals surface area contributed by atoms with E-state index in [0.717, 1.165) is 12.8 Å². The van der Waals surface area contributed by atoms with Crippen molar-refractivity contribution in [2.24, 2.45) is 5.92 Å². The molecule has 0 aliphatic carbocycles. The van der Waals surface area contributed by atoms with Gasteiger partial charge in [0.05, 0.1) is 24.4 Å². The quantitative estimate of drug-likeness (QED) is 0.864. The fraction of sp³-hybridized carbons (Fsp3) is 0.684. The lowest BCUT2D eigenvalue weighted by atomic mass is 9.70. The fourth-order valence-corrected chi connectivity index (χ4v) is 4.47. The van der Waals surface area contributed by atoms with Gasteiger partial charge >= 0.3 is 0 Å². The van der Waals surface area contributed by atoms with E-state index in [4.69, 9.17) is 4.74 Å². The maximum atomic E-state index is 10.1. The Kier molecular flexibility index (Phi) is 4.09. The van der Waals surface area contributed by atoms with E-state index in [2.05, 4.69) is 57.8 Å². The van der Waals surface area contributed by atoms with Gasteiger partial charge in [-0.1, -0.05) is 25.1 Å². The lowest BCUT2D eigenvalue weighted by Gasteiger charge is -2.53. The second-order valence-corrected chi connectivity index (χ2v) is 7.52. The molecule has 3 heteroatoms. The van der Waals surface area contributed by atoms with E-state index >= 15 is 0 Å². The third-order valence-electron chi connectivity index (χ3n) is 6.04. The molecule has 3 rings (SSSR count). The summed E-state index contributed by atoms with van der Waals surface area (Å²) in [5.41, 5.74) is 3.70. The third kappa shape index (κ3) is 2.40. The Morgan fingerprint density at radius 1 is 1.23 bits per heavy atom. The van der Waals surface area contributed by atoms with Gasteiger partial charge in [-0.2, -0.15) is 0 Å². The summed E-state index contributed by atoms with van der Waals surface area (Å²) in [6.45, 7) is 9.37. The predicted molar refractivity (Wildman–Crippen MR) is 89.0 cm³/mol. The number of aliphatic hydroxyl groups excluding tert-OH is 1. The molecule has 2 fully saturated rings. The predicted octanol–water partition coefficient (Wildman–Crippen LogP) is 3.22. The molecule has 2 saturated heterocycles. The zero-order chi connectivity index (χ0) is 16.1. The molecule has 1 aromatic rings. The molecule has 22 heavy (non-hydrogen) atoms. The Hall–Kier alpha value is -0.900. The molecule has 0 radical (unpaired) electrons. The van der Waals surface area contributed by atoms with Crippen LogP contribution >= 0.6 is 0 Å². The lowest BCUT2D eigenvalue weighted by molar-refractivity contribution is -0.138. The minimum atomic E-state index is -0.335. The molecule has 0 bridgehead atoms. The van der Waals surface area contributed by atoms with Crippen LogP contribution in [0.4, 0.5) is 0 Å². The monoisotopic (exact) mass is 303 g/mol. The van der Waals surface area contributed by atoms with Gasteiger partial charge in [0, 0.05) is 12.5 Å². The first-order valence-corrected chi connectivity index (χ1v) is 8.46. The molecule has 1 N–H and O–H groups in total. The van der Waals surface area contributed by atoms with E-state index in [1.807, 2.05) is 0 Å². The maximum absolute atomic E-state index is 10.1. The summed E-state index contributed by atoms with van der Waals surface area (Å²) in [5, 5.41) is 10.1. The zero-order valence-electron chi connectivity index (χ0n) is 14.5. The van der Waals surface area contributed by atoms with Crippen LogP contribution in [-0.4, -0.2) is 41.4 Å². The number of aliphatic hydroxyl groups is 1. The van der Waals surface area contributed by atoms with E-state index in [0.29, 0.717) is 18.6 Å². The van der Waals surface area contributed by atoms with Gasteiger partial charge in [0.2, 0.25) is 0 Å². The van der Waals surface area contributed by atoms with Crippen molar-refractivity contribution in [1.82, 2.24) is 4.90 Å². The molecule has 0 aromatic heterocycles. The first kappa shape index (κ1) is 16.0. The Morgan fingerprint density at radius 3 is 2.55 bits per heavy atom. The highest BCUT2D eigenvalue weighted by Crippen LogP contribution is 2.51. The molecule has 122 valence electrons. The van der Waals surface area contributed by atoms with Gasteiger partial charge in [-0.05, 0) is 56.8 Å². The van der Waals surface area contributed by atoms with Crippen LogP contribution < -0.4 is 0 Å². The van der Waals surface area contributed by atoms with Crippen LogP contribution in [0.25, 0.3) is 0 Å². The van der Waals surface area contributed by atoms with Crippen LogP contribution in [0.15, 0.2) is 18.2 Å². The van der Waals surface area contributed by atoms with Crippen LogP contribution in [0, 0.1) is 19.8 Å². The van der Waals surface area contributed by atoms with E-state index in [9.17, 15) is 5.11 Å². The number of rotatable bonds is 1. The summed E-state index contributed by atoms with van der Waals surface area (Å²) in [4.78, 5) is 2.45. The van der Waals surface area contributed by atoms with Gasteiger partial charge in [0.15, 0.2) is 0 Å². The van der Waals surface area contributed by atoms with E-state index in [-0.39, 0.29) is 17.7 Å². The number of ether oxygens (including phenoxy) is 1. The molecule has 5 atom stereocenters. The number of hydrogen-bond donors (Lipinski definition) is 1. The van der Waals surface area contributed by atoms with Crippen molar-refractivity contribution in [3.8, 4) is 0 Å². The average molecular weight is 303 g/mol. The van der Waals surface area contributed by atoms with Crippen molar-refractivity contribution in [3.05, 3.63) is 34.9 Å². The molecule has 2 aliphatic heterocycles. The smallest absolute Gasteiger partial charge is 0.0931 e. The number of benzene rings is 1. The van der Waals surface area contributed by atoms with Crippen molar-refractivity contribution in [2.45, 2.75) is 64.3 Å². The number of likely N-dealkylation sites (tertiary alicyclic amines) is 1. The second-order valence-electron chi connectivity index (χ2n) is 7.52. The standard InChI is InChI=1S/C19H29NO2/c1-12-6-7-16(8-13(12)2)18-19(10-17(21)11-22-19)14(3)9-15(4)20(18)5/h6-8,14-15,17-18,21H,9-11H2,1-5H3. The number of likely N-dealkylation sites (N-methyl/N-ethyl adjacent to an activating group) is 1. The Morgan fingerprint density at radius 2 is 1.95 bits per heavy atom. The Labute approximate surface area is 134 Å². The summed E-state index contributed by atoms with van der Waals surface area (Å²) < 4.78 is 6.27. The highest BCUT2D eigenvalue weighted by atomic mass is 16.5. The minimum absolute atomic E-state index is 0.211. The van der Waals surface area contributed by atoms with E-state index in [1.165, 1.54) is 16.7 Å². The second kappa shape index (κ2) is 5.63. The highest BCUT2D eigenvalue weighted by molar-refractivity contribution is 5.34. The highest BCUT2D eigenvalue weighted by Gasteiger charge is 2.55. The molecule has 2 heterocycles. The van der Waals surface area contributed by atoms with Crippen LogP contribution in [0.1, 0.15) is 49.4 Å². The van der Waals surface area contributed by atoms with E-state index in [1.54, 1.807) is 0 Å². The minimum Gasteiger partial charge on any atom is -0.391 e. The van der Waals surface area contributed by atoms with Crippen molar-refractivity contribution in [3.63, 3.8) is 0 Å². The van der Waals surface area contributed by atoms with Gasteiger partial charge in [0.1, 0.15) is 0 Å². The third-order valence-corrected chi connectivity index (χ3v) is 6.04. The van der Waals surface area contributed by atoms with Crippen molar-refractivity contribution >= 4 is 0 Å². The first-order chi connectivity index (χ1) is 10.3. The number of hydrogen-bond acceptors (Lipinski definition) is 3. The molecule has 0 amide bonds. The van der Waals surface area contributed by atoms with Crippen LogP contribution in [-0.2, 0) is 4.74 Å². The van der Waals surface area contributed by atoms with Gasteiger partial charge in [-0.15, -0.1) is 0 Å². The number of aryl methyl sites for hydroxylation is 2. The largest absolute Gasteiger partial charge is 0.391 e. The molecule has 3 nitrogen and oxygen atoms in total. The number of nitrogens with zero attached hydrogens (tertiary/aromatic N) is 1. The summed E-state index contributed by atoms with van der Waals surface area (Å²) >= 11 is 0. The van der Waals surface area contributed by atoms with Crippen LogP contribution in [0.5, 0.6) is 0 Å². The Balaban J connectivity index is 2.07. The normalized spacial score (nSPS) is 39.5. The van der Waals surface area contributed by atoms with Crippen molar-refractivity contribution in [1.29, 1.82) is 0 Å². The summed E-state index contributed by atoms with van der Waals surface area (Å²) in [6, 6.07) is 7.49. The number of piperidine rings is 1. The van der Waals surface area contributed by atoms with Crippen molar-refractivity contribution in [2.75, 3.05) is 13.7 Å². The van der Waals surface area contributed by atoms with Gasteiger partial charge < -0.3 is 9.84 Å². The molecular formula is C19H29NO2. The molecule has 2 aliphatic rings. The lowest BCUT2D eigenvalue weighted by Crippen LogP contribution is -2.57. The fourth-order valence-electron chi connectivity index (χ4n) is 4.47. The van der Waals surface area contributed by atoms with Crippen LogP contribution in [0.2, 0.25) is 0 Å². The summed E-state index contributed by atoms with van der Waals surface area (Å²) in [7, 11) is 2.20. The molecule has 5 unspecified atom stereocenters. The Bertz CT molecular complexity index is 558. The van der Waals surface area contributed by atoms with Crippen LogP contribution in [0.3, 0.4) is 0 Å². The SMILES string of the molecule is Cc1ccc(C2N(C)C(C)CC(C)C23CC(O)CO3)cc1C. The zero-order valence-corrected chi connectivity index (χ0v) is 14.5. The topological polar surface area (TPSA) is 32.7 Å². The summed E-state index contributed by atoms with van der Waals surface area (Å²) in [5.74, 6) is 0.447. The first-order valence-electron chi connectivity index (χ1n) is 8.46. The van der Waals surface area contributed by atoms with Gasteiger partial charge in [-0.25, -0.2) is 0 Å². The molecule has 1 aromatic carbocycles. The molecule has 0 saturated carbocycles. The molecule has 1 spiro atoms. The molecular weight excluding hydrogens is 274 g/mol. The van der Waals surface area contributed by atoms with Gasteiger partial charge in [0.25, 0.3) is 0 Å². The van der Waals surface area contributed by atoms with Gasteiger partial charge in [-0.3, -0.25) is 4.90 Å². The maximum Gasteiger partial charge on any atom is 0.0931 e. The van der Waals surface area contributed by atoms with E-state index < -0.39 is 0 Å². The summed E-state index contributed by atoms with van der Waals surface area (Å²) in [6.07, 6.45) is 1.52.